The monoisotopic (exact) mass is 309 g/mol. The molecule has 0 radical (unpaired) electrons. The van der Waals surface area contributed by atoms with Gasteiger partial charge in [0.15, 0.2) is 0 Å². The van der Waals surface area contributed by atoms with Gasteiger partial charge < -0.3 is 4.74 Å². The summed E-state index contributed by atoms with van der Waals surface area (Å²) in [5.41, 5.74) is 2.79. The van der Waals surface area contributed by atoms with Gasteiger partial charge in [-0.3, -0.25) is 14.5 Å². The van der Waals surface area contributed by atoms with Crippen molar-refractivity contribution in [3.8, 4) is 5.75 Å². The van der Waals surface area contributed by atoms with Crippen LogP contribution in [0.5, 0.6) is 5.75 Å². The topological polar surface area (TPSA) is 46.6 Å². The number of carbonyl (C=O) groups is 2. The molecule has 0 saturated carbocycles. The lowest BCUT2D eigenvalue weighted by Gasteiger charge is -2.15. The first-order valence-electron chi connectivity index (χ1n) is 7.65. The molecular weight excluding hydrogens is 290 g/mol. The van der Waals surface area contributed by atoms with Crippen molar-refractivity contribution in [1.29, 1.82) is 0 Å². The van der Waals surface area contributed by atoms with Crippen molar-refractivity contribution in [2.24, 2.45) is 5.92 Å². The lowest BCUT2D eigenvalue weighted by atomic mass is 9.98. The predicted molar refractivity (Wildman–Crippen MR) is 88.5 cm³/mol. The number of anilines is 1. The Kier molecular flexibility index (Phi) is 4.15. The van der Waals surface area contributed by atoms with Gasteiger partial charge >= 0.3 is 0 Å². The Morgan fingerprint density at radius 2 is 1.70 bits per heavy atom. The van der Waals surface area contributed by atoms with Gasteiger partial charge in [0, 0.05) is 6.42 Å². The van der Waals surface area contributed by atoms with Gasteiger partial charge in [-0.15, -0.1) is 0 Å². The predicted octanol–water partition coefficient (Wildman–Crippen LogP) is 3.13. The van der Waals surface area contributed by atoms with Crippen LogP contribution in [0.15, 0.2) is 48.5 Å². The van der Waals surface area contributed by atoms with Gasteiger partial charge in [0.2, 0.25) is 11.8 Å². The summed E-state index contributed by atoms with van der Waals surface area (Å²) < 4.78 is 5.13. The molecule has 3 rings (SSSR count). The Bertz CT molecular complexity index is 719. The first-order chi connectivity index (χ1) is 11.1. The lowest BCUT2D eigenvalue weighted by Crippen LogP contribution is -2.30. The summed E-state index contributed by atoms with van der Waals surface area (Å²) in [6, 6.07) is 15.1. The highest BCUT2D eigenvalue weighted by atomic mass is 16.5. The third-order valence-corrected chi connectivity index (χ3v) is 4.17. The number of rotatable bonds is 4. The van der Waals surface area contributed by atoms with E-state index in [2.05, 4.69) is 0 Å². The van der Waals surface area contributed by atoms with E-state index in [1.807, 2.05) is 55.5 Å². The van der Waals surface area contributed by atoms with Gasteiger partial charge in [0.25, 0.3) is 0 Å². The number of amides is 2. The van der Waals surface area contributed by atoms with E-state index in [1.54, 1.807) is 7.11 Å². The summed E-state index contributed by atoms with van der Waals surface area (Å²) in [5.74, 6) is 0.244. The lowest BCUT2D eigenvalue weighted by molar-refractivity contribution is -0.122. The van der Waals surface area contributed by atoms with Crippen molar-refractivity contribution in [2.45, 2.75) is 19.8 Å². The minimum atomic E-state index is -0.294. The van der Waals surface area contributed by atoms with Crippen molar-refractivity contribution in [1.82, 2.24) is 0 Å². The number of methoxy groups -OCH3 is 1. The van der Waals surface area contributed by atoms with Crippen molar-refractivity contribution in [3.63, 3.8) is 0 Å². The summed E-state index contributed by atoms with van der Waals surface area (Å²) in [7, 11) is 1.62. The number of ether oxygens (including phenoxy) is 1. The molecule has 2 aromatic carbocycles. The van der Waals surface area contributed by atoms with Crippen LogP contribution < -0.4 is 9.64 Å². The molecule has 118 valence electrons. The Labute approximate surface area is 135 Å². The normalized spacial score (nSPS) is 17.7. The highest BCUT2D eigenvalue weighted by Gasteiger charge is 2.39. The van der Waals surface area contributed by atoms with Crippen LogP contribution in [0.25, 0.3) is 0 Å². The molecular formula is C19H19NO3. The minimum Gasteiger partial charge on any atom is -0.497 e. The molecule has 1 atom stereocenters. The number of aryl methyl sites for hydroxylation is 1. The zero-order chi connectivity index (χ0) is 16.4. The van der Waals surface area contributed by atoms with Crippen molar-refractivity contribution < 1.29 is 14.3 Å². The third kappa shape index (κ3) is 3.11. The largest absolute Gasteiger partial charge is 0.497 e. The maximum atomic E-state index is 12.6. The maximum Gasteiger partial charge on any atom is 0.237 e. The van der Waals surface area contributed by atoms with Gasteiger partial charge in [-0.2, -0.15) is 0 Å². The molecule has 1 aliphatic rings. The number of nitrogens with zero attached hydrogens (tertiary/aromatic N) is 1. The average Bonchev–Trinajstić information content (AvgIpc) is 2.83. The fourth-order valence-corrected chi connectivity index (χ4v) is 2.87. The molecule has 1 aliphatic heterocycles. The molecule has 1 fully saturated rings. The molecule has 0 aromatic heterocycles. The number of carbonyl (C=O) groups excluding carboxylic acids is 2. The Morgan fingerprint density at radius 1 is 1.04 bits per heavy atom. The quantitative estimate of drug-likeness (QED) is 0.815. The van der Waals surface area contributed by atoms with Crippen LogP contribution in [0.1, 0.15) is 17.5 Å². The Morgan fingerprint density at radius 3 is 2.30 bits per heavy atom. The highest BCUT2D eigenvalue weighted by molar-refractivity contribution is 6.20. The van der Waals surface area contributed by atoms with Crippen LogP contribution in [0.4, 0.5) is 5.69 Å². The smallest absolute Gasteiger partial charge is 0.237 e. The summed E-state index contributed by atoms with van der Waals surface area (Å²) >= 11 is 0. The zero-order valence-electron chi connectivity index (χ0n) is 13.3. The SMILES string of the molecule is COc1ccc(C[C@@H]2CC(=O)N(c3ccc(C)cc3)C2=O)cc1. The number of hydrogen-bond acceptors (Lipinski definition) is 3. The second-order valence-electron chi connectivity index (χ2n) is 5.86. The molecule has 23 heavy (non-hydrogen) atoms. The summed E-state index contributed by atoms with van der Waals surface area (Å²) in [6.07, 6.45) is 0.829. The molecule has 4 heteroatoms. The molecule has 4 nitrogen and oxygen atoms in total. The molecule has 0 bridgehead atoms. The number of hydrogen-bond donors (Lipinski definition) is 0. The second kappa shape index (κ2) is 6.24. The van der Waals surface area contributed by atoms with E-state index in [0.29, 0.717) is 12.1 Å². The van der Waals surface area contributed by atoms with Crippen LogP contribution in [0.3, 0.4) is 0 Å². The molecule has 1 heterocycles. The fourth-order valence-electron chi connectivity index (χ4n) is 2.87. The van der Waals surface area contributed by atoms with Crippen molar-refractivity contribution in [3.05, 3.63) is 59.7 Å². The second-order valence-corrected chi connectivity index (χ2v) is 5.86. The third-order valence-electron chi connectivity index (χ3n) is 4.17. The first kappa shape index (κ1) is 15.3. The molecule has 0 N–H and O–H groups in total. The van der Waals surface area contributed by atoms with Crippen LogP contribution in [-0.2, 0) is 16.0 Å². The molecule has 1 saturated heterocycles. The molecule has 2 amide bonds. The standard InChI is InChI=1S/C19H19NO3/c1-13-3-7-16(8-4-13)20-18(21)12-15(19(20)22)11-14-5-9-17(23-2)10-6-14/h3-10,15H,11-12H2,1-2H3/t15-/m1/s1. The van der Waals surface area contributed by atoms with Crippen molar-refractivity contribution >= 4 is 17.5 Å². The maximum absolute atomic E-state index is 12.6. The summed E-state index contributed by atoms with van der Waals surface area (Å²) in [4.78, 5) is 26.2. The molecule has 0 unspecified atom stereocenters. The van der Waals surface area contributed by atoms with Crippen LogP contribution in [0, 0.1) is 12.8 Å². The number of benzene rings is 2. The van der Waals surface area contributed by atoms with E-state index in [0.717, 1.165) is 16.9 Å². The van der Waals surface area contributed by atoms with Crippen LogP contribution >= 0.6 is 0 Å². The molecule has 2 aromatic rings. The summed E-state index contributed by atoms with van der Waals surface area (Å²) in [6.45, 7) is 1.98. The zero-order valence-corrected chi connectivity index (χ0v) is 13.3. The summed E-state index contributed by atoms with van der Waals surface area (Å²) in [5, 5.41) is 0. The van der Waals surface area contributed by atoms with Crippen LogP contribution in [-0.4, -0.2) is 18.9 Å². The average molecular weight is 309 g/mol. The van der Waals surface area contributed by atoms with E-state index < -0.39 is 0 Å². The molecule has 0 spiro atoms. The molecule has 0 aliphatic carbocycles. The van der Waals surface area contributed by atoms with Crippen LogP contribution in [0.2, 0.25) is 0 Å². The first-order valence-corrected chi connectivity index (χ1v) is 7.65. The van der Waals surface area contributed by atoms with Gasteiger partial charge in [0.1, 0.15) is 5.75 Å². The van der Waals surface area contributed by atoms with Gasteiger partial charge in [0.05, 0.1) is 18.7 Å². The minimum absolute atomic E-state index is 0.116. The van der Waals surface area contributed by atoms with E-state index in [-0.39, 0.29) is 24.2 Å². The Hall–Kier alpha value is -2.62. The van der Waals surface area contributed by atoms with E-state index in [9.17, 15) is 9.59 Å². The fraction of sp³-hybridized carbons (Fsp3) is 0.263. The Balaban J connectivity index is 1.76. The van der Waals surface area contributed by atoms with E-state index >= 15 is 0 Å². The van der Waals surface area contributed by atoms with E-state index in [1.165, 1.54) is 4.90 Å². The highest BCUT2D eigenvalue weighted by Crippen LogP contribution is 2.29. The van der Waals surface area contributed by atoms with Gasteiger partial charge in [-0.05, 0) is 43.2 Å². The van der Waals surface area contributed by atoms with Gasteiger partial charge in [-0.25, -0.2) is 0 Å². The van der Waals surface area contributed by atoms with E-state index in [4.69, 9.17) is 4.74 Å². The number of imide groups is 1. The van der Waals surface area contributed by atoms with Crippen molar-refractivity contribution in [2.75, 3.05) is 12.0 Å². The van der Waals surface area contributed by atoms with Gasteiger partial charge in [-0.1, -0.05) is 29.8 Å².